The molecular formula is C18H15N3O2. The van der Waals surface area contributed by atoms with Gasteiger partial charge >= 0.3 is 0 Å². The summed E-state index contributed by atoms with van der Waals surface area (Å²) in [5.41, 5.74) is 3.88. The fourth-order valence-corrected chi connectivity index (χ4v) is 3.88. The second kappa shape index (κ2) is 5.10. The van der Waals surface area contributed by atoms with Crippen LogP contribution in [0.2, 0.25) is 0 Å². The molecule has 1 fully saturated rings. The molecule has 0 spiro atoms. The average Bonchev–Trinajstić information content (AvgIpc) is 3.10. The standard InChI is InChI=1S/C18H15N3O2/c19-9-12-7-13(21(22)23)5-6-17(12)20-10-16-15-8-11-3-1-2-4-14(11)18(15)16/h1-7,15-16,18,20H,8,10H2. The van der Waals surface area contributed by atoms with Gasteiger partial charge < -0.3 is 5.32 Å². The smallest absolute Gasteiger partial charge is 0.270 e. The van der Waals surface area contributed by atoms with Crippen molar-refractivity contribution in [2.24, 2.45) is 11.8 Å². The zero-order chi connectivity index (χ0) is 16.0. The molecule has 5 heteroatoms. The van der Waals surface area contributed by atoms with Crippen molar-refractivity contribution < 1.29 is 4.92 Å². The molecule has 0 aliphatic heterocycles. The van der Waals surface area contributed by atoms with Crippen LogP contribution >= 0.6 is 0 Å². The van der Waals surface area contributed by atoms with Crippen LogP contribution in [0.25, 0.3) is 0 Å². The summed E-state index contributed by atoms with van der Waals surface area (Å²) in [6.45, 7) is 0.802. The number of hydrogen-bond acceptors (Lipinski definition) is 4. The van der Waals surface area contributed by atoms with Crippen LogP contribution in [0.5, 0.6) is 0 Å². The van der Waals surface area contributed by atoms with Gasteiger partial charge in [-0.2, -0.15) is 5.26 Å². The van der Waals surface area contributed by atoms with Gasteiger partial charge in [-0.05, 0) is 41.4 Å². The number of nitro benzene ring substituents is 1. The molecule has 0 radical (unpaired) electrons. The van der Waals surface area contributed by atoms with Crippen LogP contribution < -0.4 is 5.32 Å². The molecule has 1 saturated carbocycles. The van der Waals surface area contributed by atoms with E-state index in [2.05, 4.69) is 29.6 Å². The quantitative estimate of drug-likeness (QED) is 0.693. The summed E-state index contributed by atoms with van der Waals surface area (Å²) in [6.07, 6.45) is 1.14. The highest BCUT2D eigenvalue weighted by Crippen LogP contribution is 2.61. The lowest BCUT2D eigenvalue weighted by Gasteiger charge is -2.10. The van der Waals surface area contributed by atoms with Crippen LogP contribution in [0.1, 0.15) is 22.6 Å². The Labute approximate surface area is 133 Å². The Morgan fingerprint density at radius 1 is 1.30 bits per heavy atom. The number of fused-ring (bicyclic) bond motifs is 3. The lowest BCUT2D eigenvalue weighted by molar-refractivity contribution is -0.384. The maximum Gasteiger partial charge on any atom is 0.270 e. The number of benzene rings is 2. The van der Waals surface area contributed by atoms with Gasteiger partial charge in [-0.3, -0.25) is 10.1 Å². The number of non-ortho nitro benzene ring substituents is 1. The van der Waals surface area contributed by atoms with Gasteiger partial charge in [-0.25, -0.2) is 0 Å². The monoisotopic (exact) mass is 305 g/mol. The first kappa shape index (κ1) is 13.8. The van der Waals surface area contributed by atoms with Crippen LogP contribution in [0.15, 0.2) is 42.5 Å². The van der Waals surface area contributed by atoms with Crippen molar-refractivity contribution in [1.82, 2.24) is 0 Å². The van der Waals surface area contributed by atoms with Gasteiger partial charge in [0.25, 0.3) is 5.69 Å². The minimum Gasteiger partial charge on any atom is -0.384 e. The Morgan fingerprint density at radius 2 is 2.13 bits per heavy atom. The number of nitrogens with zero attached hydrogens (tertiary/aromatic N) is 2. The summed E-state index contributed by atoms with van der Waals surface area (Å²) in [7, 11) is 0. The number of nitrogens with one attached hydrogen (secondary N) is 1. The molecule has 2 aliphatic carbocycles. The van der Waals surface area contributed by atoms with E-state index >= 15 is 0 Å². The summed E-state index contributed by atoms with van der Waals surface area (Å²) in [4.78, 5) is 10.3. The van der Waals surface area contributed by atoms with E-state index < -0.39 is 4.92 Å². The predicted octanol–water partition coefficient (Wildman–Crippen LogP) is 3.46. The fourth-order valence-electron chi connectivity index (χ4n) is 3.88. The predicted molar refractivity (Wildman–Crippen MR) is 86.2 cm³/mol. The molecule has 2 aromatic rings. The molecule has 5 nitrogen and oxygen atoms in total. The molecule has 3 unspecified atom stereocenters. The van der Waals surface area contributed by atoms with Crippen molar-refractivity contribution in [3.8, 4) is 6.07 Å². The zero-order valence-electron chi connectivity index (χ0n) is 12.4. The lowest BCUT2D eigenvalue weighted by Crippen LogP contribution is -2.09. The van der Waals surface area contributed by atoms with Crippen LogP contribution in [0, 0.1) is 33.3 Å². The number of nitriles is 1. The first-order valence-electron chi connectivity index (χ1n) is 7.69. The number of rotatable bonds is 4. The normalized spacial score (nSPS) is 23.5. The molecule has 0 amide bonds. The van der Waals surface area contributed by atoms with Gasteiger partial charge in [0.1, 0.15) is 6.07 Å². The maximum absolute atomic E-state index is 10.8. The van der Waals surface area contributed by atoms with E-state index in [-0.39, 0.29) is 5.69 Å². The first-order chi connectivity index (χ1) is 11.2. The Balaban J connectivity index is 1.46. The molecule has 0 saturated heterocycles. The van der Waals surface area contributed by atoms with Crippen LogP contribution in [-0.4, -0.2) is 11.5 Å². The maximum atomic E-state index is 10.8. The van der Waals surface area contributed by atoms with Crippen molar-refractivity contribution in [2.45, 2.75) is 12.3 Å². The summed E-state index contributed by atoms with van der Waals surface area (Å²) in [6, 6.07) is 15.0. The van der Waals surface area contributed by atoms with Crippen LogP contribution in [0.4, 0.5) is 11.4 Å². The Hall–Kier alpha value is -2.87. The van der Waals surface area contributed by atoms with E-state index in [0.717, 1.165) is 13.0 Å². The first-order valence-corrected chi connectivity index (χ1v) is 7.69. The molecule has 2 aliphatic rings. The van der Waals surface area contributed by atoms with Crippen LogP contribution in [-0.2, 0) is 6.42 Å². The average molecular weight is 305 g/mol. The second-order valence-corrected chi connectivity index (χ2v) is 6.24. The highest BCUT2D eigenvalue weighted by Gasteiger charge is 2.54. The molecule has 114 valence electrons. The molecule has 2 aromatic carbocycles. The van der Waals surface area contributed by atoms with E-state index in [1.807, 2.05) is 6.07 Å². The summed E-state index contributed by atoms with van der Waals surface area (Å²) in [5, 5.41) is 23.3. The third-order valence-electron chi connectivity index (χ3n) is 5.06. The highest BCUT2D eigenvalue weighted by atomic mass is 16.6. The van der Waals surface area contributed by atoms with Gasteiger partial charge in [0.2, 0.25) is 0 Å². The molecule has 3 atom stereocenters. The van der Waals surface area contributed by atoms with Crippen molar-refractivity contribution in [3.05, 3.63) is 69.3 Å². The number of nitro groups is 1. The lowest BCUT2D eigenvalue weighted by atomic mass is 10.0. The molecular weight excluding hydrogens is 290 g/mol. The molecule has 0 aromatic heterocycles. The van der Waals surface area contributed by atoms with Gasteiger partial charge in [-0.15, -0.1) is 0 Å². The van der Waals surface area contributed by atoms with Gasteiger partial charge in [0.15, 0.2) is 0 Å². The third-order valence-corrected chi connectivity index (χ3v) is 5.06. The van der Waals surface area contributed by atoms with Crippen molar-refractivity contribution in [1.29, 1.82) is 5.26 Å². The number of hydrogen-bond donors (Lipinski definition) is 1. The van der Waals surface area contributed by atoms with Gasteiger partial charge in [-0.1, -0.05) is 24.3 Å². The molecule has 1 N–H and O–H groups in total. The van der Waals surface area contributed by atoms with E-state index in [9.17, 15) is 15.4 Å². The molecule has 0 heterocycles. The Morgan fingerprint density at radius 3 is 2.91 bits per heavy atom. The molecule has 23 heavy (non-hydrogen) atoms. The highest BCUT2D eigenvalue weighted by molar-refractivity contribution is 5.61. The summed E-state index contributed by atoms with van der Waals surface area (Å²) < 4.78 is 0. The SMILES string of the molecule is N#Cc1cc([N+](=O)[O-])ccc1NCC1C2Cc3ccccc3C12. The van der Waals surface area contributed by atoms with Gasteiger partial charge in [0, 0.05) is 18.7 Å². The molecule has 4 rings (SSSR count). The van der Waals surface area contributed by atoms with E-state index in [1.54, 1.807) is 6.07 Å². The van der Waals surface area contributed by atoms with Crippen molar-refractivity contribution in [3.63, 3.8) is 0 Å². The summed E-state index contributed by atoms with van der Waals surface area (Å²) in [5.74, 6) is 1.91. The second-order valence-electron chi connectivity index (χ2n) is 6.24. The van der Waals surface area contributed by atoms with E-state index in [0.29, 0.717) is 29.0 Å². The van der Waals surface area contributed by atoms with Crippen molar-refractivity contribution >= 4 is 11.4 Å². The number of anilines is 1. The van der Waals surface area contributed by atoms with Crippen LogP contribution in [0.3, 0.4) is 0 Å². The Bertz CT molecular complexity index is 840. The largest absolute Gasteiger partial charge is 0.384 e. The third kappa shape index (κ3) is 2.23. The van der Waals surface area contributed by atoms with E-state index in [1.165, 1.54) is 23.3 Å². The fraction of sp³-hybridized carbons (Fsp3) is 0.278. The van der Waals surface area contributed by atoms with Crippen molar-refractivity contribution in [2.75, 3.05) is 11.9 Å². The minimum absolute atomic E-state index is 0.0516. The zero-order valence-corrected chi connectivity index (χ0v) is 12.4. The van der Waals surface area contributed by atoms with Gasteiger partial charge in [0.05, 0.1) is 16.2 Å². The Kier molecular flexibility index (Phi) is 3.05. The minimum atomic E-state index is -0.479. The molecule has 0 bridgehead atoms. The summed E-state index contributed by atoms with van der Waals surface area (Å²) >= 11 is 0. The topological polar surface area (TPSA) is 79.0 Å². The van der Waals surface area contributed by atoms with E-state index in [4.69, 9.17) is 0 Å².